The van der Waals surface area contributed by atoms with Crippen LogP contribution in [0.3, 0.4) is 0 Å². The molecule has 0 radical (unpaired) electrons. The van der Waals surface area contributed by atoms with E-state index in [1.165, 1.54) is 45.1 Å². The summed E-state index contributed by atoms with van der Waals surface area (Å²) < 4.78 is 0. The fourth-order valence-electron chi connectivity index (χ4n) is 3.07. The zero-order valence-electron chi connectivity index (χ0n) is 9.75. The normalized spacial score (nSPS) is 31.4. The molecule has 2 aliphatic rings. The fourth-order valence-corrected chi connectivity index (χ4v) is 3.07. The van der Waals surface area contributed by atoms with E-state index in [9.17, 15) is 0 Å². The average molecular weight is 211 g/mol. The van der Waals surface area contributed by atoms with Gasteiger partial charge >= 0.3 is 0 Å². The van der Waals surface area contributed by atoms with Crippen LogP contribution in [0.25, 0.3) is 0 Å². The third kappa shape index (κ3) is 2.92. The number of hydrogen-bond donors (Lipinski definition) is 2. The highest BCUT2D eigenvalue weighted by atomic mass is 15.2. The van der Waals surface area contributed by atoms with E-state index in [4.69, 9.17) is 5.73 Å². The van der Waals surface area contributed by atoms with E-state index >= 15 is 0 Å². The molecule has 2 fully saturated rings. The lowest BCUT2D eigenvalue weighted by molar-refractivity contribution is 0.1000. The molecule has 1 aliphatic carbocycles. The van der Waals surface area contributed by atoms with Gasteiger partial charge in [-0.05, 0) is 12.8 Å². The van der Waals surface area contributed by atoms with E-state index in [1.807, 2.05) is 0 Å². The van der Waals surface area contributed by atoms with Crippen molar-refractivity contribution in [1.29, 1.82) is 0 Å². The molecule has 1 atom stereocenters. The number of nitrogens with two attached hydrogens (primary N) is 1. The third-order valence-corrected chi connectivity index (χ3v) is 3.96. The quantitative estimate of drug-likeness (QED) is 0.668. The zero-order valence-corrected chi connectivity index (χ0v) is 9.75. The first-order chi connectivity index (χ1) is 7.42. The Bertz CT molecular complexity index is 176. The maximum atomic E-state index is 5.86. The standard InChI is InChI=1S/C12H25N3/c13-9-12-10-14-7-8-15(12)11-5-3-1-2-4-6-11/h11-12,14H,1-10,13H2. The van der Waals surface area contributed by atoms with Gasteiger partial charge in [-0.2, -0.15) is 0 Å². The molecule has 15 heavy (non-hydrogen) atoms. The van der Waals surface area contributed by atoms with Gasteiger partial charge in [-0.15, -0.1) is 0 Å². The first kappa shape index (κ1) is 11.4. The first-order valence-corrected chi connectivity index (χ1v) is 6.58. The van der Waals surface area contributed by atoms with E-state index < -0.39 is 0 Å². The van der Waals surface area contributed by atoms with Crippen LogP contribution in [0, 0.1) is 0 Å². The minimum Gasteiger partial charge on any atom is -0.329 e. The lowest BCUT2D eigenvalue weighted by atomic mass is 10.0. The van der Waals surface area contributed by atoms with Crippen molar-refractivity contribution in [2.45, 2.75) is 50.6 Å². The van der Waals surface area contributed by atoms with Gasteiger partial charge in [0.2, 0.25) is 0 Å². The van der Waals surface area contributed by atoms with Gasteiger partial charge in [-0.3, -0.25) is 4.90 Å². The van der Waals surface area contributed by atoms with Gasteiger partial charge < -0.3 is 11.1 Å². The van der Waals surface area contributed by atoms with E-state index in [2.05, 4.69) is 10.2 Å². The Morgan fingerprint density at radius 3 is 2.53 bits per heavy atom. The van der Waals surface area contributed by atoms with E-state index in [0.717, 1.165) is 25.7 Å². The highest BCUT2D eigenvalue weighted by Gasteiger charge is 2.27. The first-order valence-electron chi connectivity index (χ1n) is 6.58. The van der Waals surface area contributed by atoms with Crippen molar-refractivity contribution in [2.24, 2.45) is 5.73 Å². The van der Waals surface area contributed by atoms with E-state index in [-0.39, 0.29) is 0 Å². The van der Waals surface area contributed by atoms with Gasteiger partial charge in [0.15, 0.2) is 0 Å². The van der Waals surface area contributed by atoms with Gasteiger partial charge in [0.05, 0.1) is 0 Å². The topological polar surface area (TPSA) is 41.3 Å². The highest BCUT2D eigenvalue weighted by molar-refractivity contribution is 4.86. The van der Waals surface area contributed by atoms with Crippen LogP contribution < -0.4 is 11.1 Å². The van der Waals surface area contributed by atoms with E-state index in [1.54, 1.807) is 0 Å². The summed E-state index contributed by atoms with van der Waals surface area (Å²) in [5.74, 6) is 0. The van der Waals surface area contributed by atoms with Crippen LogP contribution in [0.2, 0.25) is 0 Å². The SMILES string of the molecule is NCC1CNCCN1C1CCCCCC1. The molecule has 0 bridgehead atoms. The Morgan fingerprint density at radius 1 is 1.13 bits per heavy atom. The van der Waals surface area contributed by atoms with E-state index in [0.29, 0.717) is 6.04 Å². The Hall–Kier alpha value is -0.120. The minimum absolute atomic E-state index is 0.585. The molecule has 1 saturated carbocycles. The summed E-state index contributed by atoms with van der Waals surface area (Å²) >= 11 is 0. The molecule has 0 aromatic carbocycles. The van der Waals surface area contributed by atoms with Crippen molar-refractivity contribution < 1.29 is 0 Å². The maximum absolute atomic E-state index is 5.86. The van der Waals surface area contributed by atoms with Gasteiger partial charge in [0, 0.05) is 38.3 Å². The Kier molecular flexibility index (Phi) is 4.42. The lowest BCUT2D eigenvalue weighted by Crippen LogP contribution is -2.57. The average Bonchev–Trinajstić information content (AvgIpc) is 2.57. The number of piperazine rings is 1. The molecule has 1 unspecified atom stereocenters. The number of rotatable bonds is 2. The molecule has 3 N–H and O–H groups in total. The predicted octanol–water partition coefficient (Wildman–Crippen LogP) is 0.942. The van der Waals surface area contributed by atoms with Crippen LogP contribution in [-0.4, -0.2) is 43.2 Å². The molecular formula is C12H25N3. The van der Waals surface area contributed by atoms with Gasteiger partial charge in [-0.1, -0.05) is 25.7 Å². The van der Waals surface area contributed by atoms with Gasteiger partial charge in [0.25, 0.3) is 0 Å². The molecule has 0 spiro atoms. The van der Waals surface area contributed by atoms with Gasteiger partial charge in [0.1, 0.15) is 0 Å². The minimum atomic E-state index is 0.585. The molecular weight excluding hydrogens is 186 g/mol. The summed E-state index contributed by atoms with van der Waals surface area (Å²) in [7, 11) is 0. The van der Waals surface area contributed by atoms with Crippen molar-refractivity contribution in [3.8, 4) is 0 Å². The number of nitrogens with zero attached hydrogens (tertiary/aromatic N) is 1. The molecule has 0 amide bonds. The Balaban J connectivity index is 1.92. The second-order valence-electron chi connectivity index (χ2n) is 4.98. The van der Waals surface area contributed by atoms with Crippen LogP contribution >= 0.6 is 0 Å². The summed E-state index contributed by atoms with van der Waals surface area (Å²) in [6, 6.07) is 1.41. The Morgan fingerprint density at radius 2 is 1.87 bits per heavy atom. The highest BCUT2D eigenvalue weighted by Crippen LogP contribution is 2.23. The zero-order chi connectivity index (χ0) is 10.5. The van der Waals surface area contributed by atoms with Crippen LogP contribution in [0.1, 0.15) is 38.5 Å². The smallest absolute Gasteiger partial charge is 0.0346 e. The monoisotopic (exact) mass is 211 g/mol. The summed E-state index contributed by atoms with van der Waals surface area (Å²) in [5.41, 5.74) is 5.86. The van der Waals surface area contributed by atoms with Crippen LogP contribution in [-0.2, 0) is 0 Å². The van der Waals surface area contributed by atoms with Crippen LogP contribution in [0.4, 0.5) is 0 Å². The summed E-state index contributed by atoms with van der Waals surface area (Å²) in [6.45, 7) is 4.25. The molecule has 0 aromatic rings. The summed E-state index contributed by atoms with van der Waals surface area (Å²) in [5, 5.41) is 3.45. The molecule has 0 aromatic heterocycles. The number of nitrogens with one attached hydrogen (secondary N) is 1. The van der Waals surface area contributed by atoms with Gasteiger partial charge in [-0.25, -0.2) is 0 Å². The summed E-state index contributed by atoms with van der Waals surface area (Å²) in [4.78, 5) is 2.68. The molecule has 2 rings (SSSR count). The number of hydrogen-bond acceptors (Lipinski definition) is 3. The third-order valence-electron chi connectivity index (χ3n) is 3.96. The van der Waals surface area contributed by atoms with Crippen molar-refractivity contribution in [2.75, 3.05) is 26.2 Å². The second-order valence-corrected chi connectivity index (χ2v) is 4.98. The molecule has 88 valence electrons. The molecule has 3 nitrogen and oxygen atoms in total. The van der Waals surface area contributed by atoms with Crippen molar-refractivity contribution in [1.82, 2.24) is 10.2 Å². The Labute approximate surface area is 93.4 Å². The fraction of sp³-hybridized carbons (Fsp3) is 1.00. The lowest BCUT2D eigenvalue weighted by Gasteiger charge is -2.41. The van der Waals surface area contributed by atoms with Crippen molar-refractivity contribution in [3.63, 3.8) is 0 Å². The summed E-state index contributed by atoms with van der Waals surface area (Å²) in [6.07, 6.45) is 8.52. The van der Waals surface area contributed by atoms with Crippen LogP contribution in [0.5, 0.6) is 0 Å². The van der Waals surface area contributed by atoms with Crippen molar-refractivity contribution >= 4 is 0 Å². The van der Waals surface area contributed by atoms with Crippen LogP contribution in [0.15, 0.2) is 0 Å². The largest absolute Gasteiger partial charge is 0.329 e. The molecule has 1 heterocycles. The maximum Gasteiger partial charge on any atom is 0.0346 e. The molecule has 1 aliphatic heterocycles. The molecule has 1 saturated heterocycles. The predicted molar refractivity (Wildman–Crippen MR) is 63.9 cm³/mol. The van der Waals surface area contributed by atoms with Crippen molar-refractivity contribution in [3.05, 3.63) is 0 Å². The second kappa shape index (κ2) is 5.83. The molecule has 3 heteroatoms.